The Kier molecular flexibility index (Phi) is 12.2. The van der Waals surface area contributed by atoms with Gasteiger partial charge in [0.1, 0.15) is 0 Å². The standard InChI is InChI=1S/C32H56N8.C20H14N4.Zn/c1-2-10-18-17(9-1)25-33-26(18)38-28-21-13-5-6-14-22(21)30(35-28)40-32-24-16-8-7-15-23(24)31(36-32)39-29-20-12-4-3-11-19(20)27(34-29)37-25;1-2-14-10-16-5-6-18(23-16)12-20-8-7-19(24-20)11-17-4-3-15(22-17)9-13(1)21-14;/h17-40H,1-16H2;1-12,21-22H;. The first-order chi connectivity index (χ1) is 31.6. The third kappa shape index (κ3) is 8.58. The zero-order valence-corrected chi connectivity index (χ0v) is 41.0. The molecule has 4 saturated carbocycles. The van der Waals surface area contributed by atoms with E-state index >= 15 is 0 Å². The maximum atomic E-state index is 4.62. The fourth-order valence-electron chi connectivity index (χ4n) is 14.9. The molecule has 10 heterocycles. The van der Waals surface area contributed by atoms with Gasteiger partial charge in [0.2, 0.25) is 0 Å². The summed E-state index contributed by atoms with van der Waals surface area (Å²) >= 11 is 0. The van der Waals surface area contributed by atoms with Crippen LogP contribution < -0.4 is 42.5 Å². The van der Waals surface area contributed by atoms with Crippen molar-refractivity contribution in [2.45, 2.75) is 152 Å². The molecule has 5 saturated heterocycles. The van der Waals surface area contributed by atoms with Crippen LogP contribution in [0.15, 0.2) is 48.5 Å². The molecule has 16 bridgehead atoms. The van der Waals surface area contributed by atoms with Crippen molar-refractivity contribution in [1.82, 2.24) is 62.5 Å². The average Bonchev–Trinajstić information content (AvgIpc) is 4.21. The normalized spacial score (nSPS) is 40.1. The number of hydrogen-bond acceptors (Lipinski definition) is 10. The fraction of sp³-hybridized carbons (Fsp3) is 0.615. The molecule has 8 unspecified atom stereocenters. The van der Waals surface area contributed by atoms with Crippen LogP contribution in [-0.2, 0) is 19.5 Å². The van der Waals surface area contributed by atoms with E-state index in [1.165, 1.54) is 103 Å². The van der Waals surface area contributed by atoms with Crippen LogP contribution in [0.3, 0.4) is 0 Å². The minimum absolute atomic E-state index is 0. The first-order valence-corrected chi connectivity index (χ1v) is 25.7. The van der Waals surface area contributed by atoms with Gasteiger partial charge in [-0.2, -0.15) is 0 Å². The number of rotatable bonds is 0. The van der Waals surface area contributed by atoms with Crippen LogP contribution in [0.2, 0.25) is 0 Å². The molecule has 14 rings (SSSR count). The smallest absolute Gasteiger partial charge is 0.0659 e. The van der Waals surface area contributed by atoms with E-state index in [0.717, 1.165) is 92.2 Å². The molecule has 340 valence electrons. The predicted molar refractivity (Wildman–Crippen MR) is 256 cm³/mol. The Bertz CT molecular complexity index is 2110. The van der Waals surface area contributed by atoms with Crippen molar-refractivity contribution in [2.24, 2.45) is 47.3 Å². The molecule has 11 aliphatic rings. The van der Waals surface area contributed by atoms with Gasteiger partial charge in [0.05, 0.1) is 72.1 Å². The molecule has 3 aromatic rings. The van der Waals surface area contributed by atoms with Gasteiger partial charge in [-0.3, -0.25) is 42.5 Å². The summed E-state index contributed by atoms with van der Waals surface area (Å²) in [6.07, 6.45) is 33.6. The molecule has 65 heavy (non-hydrogen) atoms. The maximum absolute atomic E-state index is 4.62. The predicted octanol–water partition coefficient (Wildman–Crippen LogP) is 7.26. The third-order valence-corrected chi connectivity index (χ3v) is 17.8. The molecule has 10 N–H and O–H groups in total. The molecule has 0 amide bonds. The minimum Gasteiger partial charge on any atom is -0.355 e. The van der Waals surface area contributed by atoms with Crippen molar-refractivity contribution in [2.75, 3.05) is 0 Å². The van der Waals surface area contributed by atoms with Gasteiger partial charge in [-0.25, -0.2) is 9.97 Å². The molecule has 3 aromatic heterocycles. The van der Waals surface area contributed by atoms with Crippen LogP contribution in [0.5, 0.6) is 0 Å². The van der Waals surface area contributed by atoms with Gasteiger partial charge in [0, 0.05) is 41.5 Å². The van der Waals surface area contributed by atoms with Gasteiger partial charge < -0.3 is 9.97 Å². The Morgan fingerprint density at radius 3 is 0.754 bits per heavy atom. The van der Waals surface area contributed by atoms with Crippen LogP contribution in [0.4, 0.5) is 0 Å². The summed E-state index contributed by atoms with van der Waals surface area (Å²) in [5, 5.41) is 33.8. The van der Waals surface area contributed by atoms with Gasteiger partial charge in [0.25, 0.3) is 0 Å². The molecule has 7 aliphatic heterocycles. The summed E-state index contributed by atoms with van der Waals surface area (Å²) in [6, 6.07) is 16.4. The van der Waals surface area contributed by atoms with E-state index in [9.17, 15) is 0 Å². The van der Waals surface area contributed by atoms with Crippen LogP contribution in [0, 0.1) is 47.3 Å². The zero-order chi connectivity index (χ0) is 42.1. The van der Waals surface area contributed by atoms with Gasteiger partial charge in [-0.05, 0) is 172 Å². The van der Waals surface area contributed by atoms with E-state index in [0.29, 0.717) is 49.3 Å². The van der Waals surface area contributed by atoms with Gasteiger partial charge in [0.15, 0.2) is 0 Å². The van der Waals surface area contributed by atoms with Crippen molar-refractivity contribution in [1.29, 1.82) is 0 Å². The van der Waals surface area contributed by atoms with E-state index in [-0.39, 0.29) is 19.5 Å². The van der Waals surface area contributed by atoms with E-state index in [1.807, 2.05) is 42.5 Å². The maximum Gasteiger partial charge on any atom is 0.0659 e. The Labute approximate surface area is 397 Å². The molecule has 0 spiro atoms. The first kappa shape index (κ1) is 43.2. The molecule has 9 fully saturated rings. The molecule has 0 radical (unpaired) electrons. The summed E-state index contributed by atoms with van der Waals surface area (Å²) in [4.78, 5) is 16.0. The number of aromatic amines is 2. The van der Waals surface area contributed by atoms with E-state index in [2.05, 4.69) is 92.8 Å². The first-order valence-electron chi connectivity index (χ1n) is 25.7. The van der Waals surface area contributed by atoms with Crippen molar-refractivity contribution in [3.63, 3.8) is 0 Å². The Hall–Kier alpha value is -3.10. The van der Waals surface area contributed by atoms with Crippen molar-refractivity contribution in [3.8, 4) is 0 Å². The number of H-pyrrole nitrogens is 2. The number of hydrogen-bond donors (Lipinski definition) is 10. The quantitative estimate of drug-likeness (QED) is 0.0719. The molecular formula is C52H70N12Zn. The van der Waals surface area contributed by atoms with E-state index in [1.54, 1.807) is 0 Å². The second-order valence-corrected chi connectivity index (χ2v) is 21.5. The fourth-order valence-corrected chi connectivity index (χ4v) is 14.9. The largest absolute Gasteiger partial charge is 0.355 e. The molecule has 8 atom stereocenters. The Morgan fingerprint density at radius 2 is 0.508 bits per heavy atom. The average molecular weight is 929 g/mol. The summed E-state index contributed by atoms with van der Waals surface area (Å²) in [5.41, 5.74) is 7.86. The van der Waals surface area contributed by atoms with Gasteiger partial charge >= 0.3 is 0 Å². The molecule has 4 aliphatic carbocycles. The van der Waals surface area contributed by atoms with Crippen LogP contribution in [0.1, 0.15) is 126 Å². The molecular weight excluding hydrogens is 858 g/mol. The second-order valence-electron chi connectivity index (χ2n) is 21.5. The number of nitrogens with one attached hydrogen (secondary N) is 10. The van der Waals surface area contributed by atoms with Gasteiger partial charge in [-0.15, -0.1) is 0 Å². The topological polar surface area (TPSA) is 154 Å². The summed E-state index contributed by atoms with van der Waals surface area (Å²) in [5.74, 6) is 5.97. The number of aromatic nitrogens is 4. The van der Waals surface area contributed by atoms with E-state index < -0.39 is 0 Å². The van der Waals surface area contributed by atoms with Crippen molar-refractivity contribution >= 4 is 46.4 Å². The second kappa shape index (κ2) is 18.4. The van der Waals surface area contributed by atoms with Crippen molar-refractivity contribution in [3.05, 3.63) is 71.3 Å². The van der Waals surface area contributed by atoms with Gasteiger partial charge in [-0.1, -0.05) is 51.4 Å². The van der Waals surface area contributed by atoms with Crippen LogP contribution in [0.25, 0.3) is 46.4 Å². The number of nitrogens with zero attached hydrogens (tertiary/aromatic N) is 2. The summed E-state index contributed by atoms with van der Waals surface area (Å²) in [6.45, 7) is 0. The van der Waals surface area contributed by atoms with Crippen LogP contribution >= 0.6 is 0 Å². The zero-order valence-electron chi connectivity index (χ0n) is 38.1. The summed E-state index contributed by atoms with van der Waals surface area (Å²) < 4.78 is 0. The Morgan fingerprint density at radius 1 is 0.292 bits per heavy atom. The monoisotopic (exact) mass is 927 g/mol. The molecule has 12 nitrogen and oxygen atoms in total. The molecule has 0 aromatic carbocycles. The van der Waals surface area contributed by atoms with Crippen LogP contribution in [-0.4, -0.2) is 69.3 Å². The SMILES string of the molecule is C1=Cc2cc3ccc(cc4ccc(cc5nc(cc1n2)C=C5)[nH]4)[nH]3.C1CCC2C3NC(NC4NC(NC5NC(NC6NC(N3)C3CCCCC63)C3CCCCC53)C3CCCCC43)C2C1.[Zn]. The molecule has 13 heteroatoms. The third-order valence-electron chi connectivity index (χ3n) is 17.8. The Balaban J connectivity index is 0.000000152. The van der Waals surface area contributed by atoms with Crippen molar-refractivity contribution < 1.29 is 19.5 Å². The minimum atomic E-state index is 0. The van der Waals surface area contributed by atoms with E-state index in [4.69, 9.17) is 0 Å². The summed E-state index contributed by atoms with van der Waals surface area (Å²) in [7, 11) is 0. The number of fused-ring (bicyclic) bond motifs is 28.